The Bertz CT molecular complexity index is 241. The molecule has 3 nitrogen and oxygen atoms in total. The van der Waals surface area contributed by atoms with Crippen LogP contribution in [0.4, 0.5) is 0 Å². The zero-order valence-corrected chi connectivity index (χ0v) is 8.25. The maximum atomic E-state index is 11.5. The Balaban J connectivity index is 2.32. The maximum absolute atomic E-state index is 11.5. The Kier molecular flexibility index (Phi) is 1.88. The van der Waals surface area contributed by atoms with Crippen molar-refractivity contribution in [1.82, 2.24) is 0 Å². The summed E-state index contributed by atoms with van der Waals surface area (Å²) in [5.41, 5.74) is 6.00. The van der Waals surface area contributed by atoms with Crippen molar-refractivity contribution in [3.63, 3.8) is 0 Å². The molecule has 0 spiro atoms. The van der Waals surface area contributed by atoms with Crippen molar-refractivity contribution in [1.29, 1.82) is 0 Å². The summed E-state index contributed by atoms with van der Waals surface area (Å²) >= 11 is 0. The molecule has 0 amide bonds. The van der Waals surface area contributed by atoms with Crippen molar-refractivity contribution in [3.05, 3.63) is 0 Å². The molecule has 1 saturated carbocycles. The van der Waals surface area contributed by atoms with E-state index in [-0.39, 0.29) is 17.4 Å². The number of nitrogens with two attached hydrogens (primary N) is 1. The first-order chi connectivity index (χ1) is 6.05. The standard InChI is InChI=1S/C10H17NO2/c1-6-3-4-10(11)7(2)5-13-9(12)8(6)10/h6-8H,3-5,11H2,1-2H3/t6-,7-,8+,10+/m0/s1. The number of ether oxygens (including phenoxy) is 1. The first-order valence-electron chi connectivity index (χ1n) is 5.01. The molecule has 0 bridgehead atoms. The SMILES string of the molecule is C[C@H]1CC[C@@]2(N)[C@@H](C)COC(=O)[C@@H]12. The molecule has 0 aromatic carbocycles. The van der Waals surface area contributed by atoms with Crippen LogP contribution in [0.3, 0.4) is 0 Å². The number of hydrogen-bond acceptors (Lipinski definition) is 3. The largest absolute Gasteiger partial charge is 0.465 e. The van der Waals surface area contributed by atoms with Gasteiger partial charge in [-0.2, -0.15) is 0 Å². The van der Waals surface area contributed by atoms with Crippen molar-refractivity contribution in [2.75, 3.05) is 6.61 Å². The van der Waals surface area contributed by atoms with E-state index >= 15 is 0 Å². The number of hydrogen-bond donors (Lipinski definition) is 1. The van der Waals surface area contributed by atoms with Crippen LogP contribution in [0.1, 0.15) is 26.7 Å². The third kappa shape index (κ3) is 1.10. The van der Waals surface area contributed by atoms with Crippen LogP contribution >= 0.6 is 0 Å². The van der Waals surface area contributed by atoms with E-state index in [1.165, 1.54) is 0 Å². The van der Waals surface area contributed by atoms with E-state index in [0.717, 1.165) is 12.8 Å². The number of fused-ring (bicyclic) bond motifs is 1. The minimum absolute atomic E-state index is 0.0590. The second-order valence-electron chi connectivity index (χ2n) is 4.64. The minimum Gasteiger partial charge on any atom is -0.465 e. The summed E-state index contributed by atoms with van der Waals surface area (Å²) in [6.45, 7) is 4.68. The highest BCUT2D eigenvalue weighted by Gasteiger charge is 2.54. The van der Waals surface area contributed by atoms with E-state index in [4.69, 9.17) is 10.5 Å². The van der Waals surface area contributed by atoms with Gasteiger partial charge in [0.1, 0.15) is 0 Å². The zero-order valence-electron chi connectivity index (χ0n) is 8.25. The van der Waals surface area contributed by atoms with Crippen LogP contribution < -0.4 is 5.73 Å². The van der Waals surface area contributed by atoms with E-state index in [1.807, 2.05) is 0 Å². The predicted molar refractivity (Wildman–Crippen MR) is 48.9 cm³/mol. The minimum atomic E-state index is -0.283. The third-order valence-corrected chi connectivity index (χ3v) is 3.83. The van der Waals surface area contributed by atoms with Crippen LogP contribution in [0.5, 0.6) is 0 Å². The number of cyclic esters (lactones) is 1. The van der Waals surface area contributed by atoms with Gasteiger partial charge < -0.3 is 10.5 Å². The predicted octanol–water partition coefficient (Wildman–Crippen LogP) is 0.923. The first-order valence-corrected chi connectivity index (χ1v) is 5.01. The van der Waals surface area contributed by atoms with Crippen LogP contribution in [0.15, 0.2) is 0 Å². The lowest BCUT2D eigenvalue weighted by atomic mass is 9.74. The van der Waals surface area contributed by atoms with E-state index in [1.54, 1.807) is 0 Å². The van der Waals surface area contributed by atoms with Crippen molar-refractivity contribution in [3.8, 4) is 0 Å². The fourth-order valence-corrected chi connectivity index (χ4v) is 2.79. The van der Waals surface area contributed by atoms with Crippen LogP contribution in [0, 0.1) is 17.8 Å². The highest BCUT2D eigenvalue weighted by Crippen LogP contribution is 2.45. The lowest BCUT2D eigenvalue weighted by Crippen LogP contribution is -2.58. The molecule has 2 rings (SSSR count). The molecule has 2 fully saturated rings. The third-order valence-electron chi connectivity index (χ3n) is 3.83. The van der Waals surface area contributed by atoms with Crippen molar-refractivity contribution >= 4 is 5.97 Å². The molecule has 0 unspecified atom stereocenters. The van der Waals surface area contributed by atoms with Gasteiger partial charge in [0.2, 0.25) is 0 Å². The van der Waals surface area contributed by atoms with Crippen molar-refractivity contribution in [2.45, 2.75) is 32.2 Å². The van der Waals surface area contributed by atoms with Gasteiger partial charge in [-0.1, -0.05) is 13.8 Å². The zero-order chi connectivity index (χ0) is 9.64. The molecule has 1 heterocycles. The van der Waals surface area contributed by atoms with Gasteiger partial charge in [0.15, 0.2) is 0 Å². The molecular formula is C10H17NO2. The maximum Gasteiger partial charge on any atom is 0.311 e. The van der Waals surface area contributed by atoms with Crippen LogP contribution in [0.25, 0.3) is 0 Å². The Morgan fingerprint density at radius 3 is 2.85 bits per heavy atom. The fourth-order valence-electron chi connectivity index (χ4n) is 2.79. The molecule has 1 aliphatic heterocycles. The van der Waals surface area contributed by atoms with E-state index in [9.17, 15) is 4.79 Å². The summed E-state index contributed by atoms with van der Waals surface area (Å²) in [7, 11) is 0. The van der Waals surface area contributed by atoms with E-state index in [0.29, 0.717) is 18.4 Å². The summed E-state index contributed by atoms with van der Waals surface area (Å²) in [5.74, 6) is 0.558. The lowest BCUT2D eigenvalue weighted by Gasteiger charge is -2.41. The highest BCUT2D eigenvalue weighted by molar-refractivity contribution is 5.76. The van der Waals surface area contributed by atoms with Gasteiger partial charge in [0, 0.05) is 11.5 Å². The van der Waals surface area contributed by atoms with Gasteiger partial charge in [-0.05, 0) is 18.8 Å². The van der Waals surface area contributed by atoms with Crippen LogP contribution in [-0.4, -0.2) is 18.1 Å². The quantitative estimate of drug-likeness (QED) is 0.568. The summed E-state index contributed by atoms with van der Waals surface area (Å²) in [4.78, 5) is 11.5. The van der Waals surface area contributed by atoms with Gasteiger partial charge in [-0.25, -0.2) is 0 Å². The Morgan fingerprint density at radius 2 is 2.23 bits per heavy atom. The van der Waals surface area contributed by atoms with Gasteiger partial charge in [-0.3, -0.25) is 4.79 Å². The highest BCUT2D eigenvalue weighted by atomic mass is 16.5. The molecule has 0 aromatic heterocycles. The smallest absolute Gasteiger partial charge is 0.311 e. The molecule has 1 saturated heterocycles. The fraction of sp³-hybridized carbons (Fsp3) is 0.900. The monoisotopic (exact) mass is 183 g/mol. The van der Waals surface area contributed by atoms with Crippen molar-refractivity contribution < 1.29 is 9.53 Å². The number of carbonyl (C=O) groups excluding carboxylic acids is 1. The molecule has 74 valence electrons. The Labute approximate surface area is 78.6 Å². The molecular weight excluding hydrogens is 166 g/mol. The second kappa shape index (κ2) is 2.71. The molecule has 4 atom stereocenters. The summed E-state index contributed by atoms with van der Waals surface area (Å²) in [6.07, 6.45) is 2.02. The van der Waals surface area contributed by atoms with Gasteiger partial charge in [0.05, 0.1) is 12.5 Å². The molecule has 0 radical (unpaired) electrons. The normalized spacial score (nSPS) is 50.1. The summed E-state index contributed by atoms with van der Waals surface area (Å²) in [5, 5.41) is 0. The van der Waals surface area contributed by atoms with Crippen LogP contribution in [-0.2, 0) is 9.53 Å². The second-order valence-corrected chi connectivity index (χ2v) is 4.64. The van der Waals surface area contributed by atoms with Gasteiger partial charge in [-0.15, -0.1) is 0 Å². The van der Waals surface area contributed by atoms with E-state index in [2.05, 4.69) is 13.8 Å². The van der Waals surface area contributed by atoms with Crippen LogP contribution in [0.2, 0.25) is 0 Å². The topological polar surface area (TPSA) is 52.3 Å². The lowest BCUT2D eigenvalue weighted by molar-refractivity contribution is -0.162. The molecule has 2 aliphatic rings. The first kappa shape index (κ1) is 9.00. The molecule has 3 heteroatoms. The summed E-state index contributed by atoms with van der Waals surface area (Å²) in [6, 6.07) is 0. The summed E-state index contributed by atoms with van der Waals surface area (Å²) < 4.78 is 5.12. The Hall–Kier alpha value is -0.570. The molecule has 2 N–H and O–H groups in total. The molecule has 13 heavy (non-hydrogen) atoms. The van der Waals surface area contributed by atoms with E-state index < -0.39 is 0 Å². The van der Waals surface area contributed by atoms with Crippen molar-refractivity contribution in [2.24, 2.45) is 23.5 Å². The molecule has 0 aromatic rings. The molecule has 1 aliphatic carbocycles. The average Bonchev–Trinajstić information content (AvgIpc) is 2.38. The van der Waals surface area contributed by atoms with Gasteiger partial charge >= 0.3 is 5.97 Å². The Morgan fingerprint density at radius 1 is 1.54 bits per heavy atom. The van der Waals surface area contributed by atoms with Gasteiger partial charge in [0.25, 0.3) is 0 Å². The number of esters is 1. The number of rotatable bonds is 0. The average molecular weight is 183 g/mol. The number of carbonyl (C=O) groups is 1.